The molecule has 0 bridgehead atoms. The quantitative estimate of drug-likeness (QED) is 0.574. The summed E-state index contributed by atoms with van der Waals surface area (Å²) in [4.78, 5) is 11.4. The third-order valence-corrected chi connectivity index (χ3v) is 1.79. The molecule has 70 valence electrons. The Morgan fingerprint density at radius 3 is 2.85 bits per heavy atom. The third-order valence-electron chi connectivity index (χ3n) is 1.79. The van der Waals surface area contributed by atoms with E-state index in [1.165, 1.54) is 18.2 Å². The average molecular weight is 181 g/mol. The molecule has 0 aliphatic rings. The van der Waals surface area contributed by atoms with Gasteiger partial charge in [-0.25, -0.2) is 4.39 Å². The summed E-state index contributed by atoms with van der Waals surface area (Å²) in [5.41, 5.74) is 6.17. The van der Waals surface area contributed by atoms with Gasteiger partial charge in [0.2, 0.25) is 0 Å². The normalized spacial score (nSPS) is 10.0. The Hall–Kier alpha value is -1.38. The lowest BCUT2D eigenvalue weighted by Gasteiger charge is -2.03. The van der Waals surface area contributed by atoms with Gasteiger partial charge in [0.15, 0.2) is 5.78 Å². The van der Waals surface area contributed by atoms with Crippen LogP contribution in [-0.4, -0.2) is 5.78 Å². The van der Waals surface area contributed by atoms with Crippen molar-refractivity contribution in [1.82, 2.24) is 0 Å². The van der Waals surface area contributed by atoms with E-state index in [-0.39, 0.29) is 5.78 Å². The van der Waals surface area contributed by atoms with Gasteiger partial charge >= 0.3 is 0 Å². The number of nitrogen functional groups attached to an aromatic ring is 1. The molecule has 0 fully saturated rings. The van der Waals surface area contributed by atoms with Crippen molar-refractivity contribution in [2.24, 2.45) is 0 Å². The van der Waals surface area contributed by atoms with Crippen molar-refractivity contribution in [1.29, 1.82) is 0 Å². The predicted octanol–water partition coefficient (Wildman–Crippen LogP) is 2.39. The summed E-state index contributed by atoms with van der Waals surface area (Å²) in [6.45, 7) is 1.90. The molecule has 1 aromatic carbocycles. The number of carbonyl (C=O) groups excluding carboxylic acids is 1. The summed E-state index contributed by atoms with van der Waals surface area (Å²) in [6, 6.07) is 3.85. The molecule has 2 nitrogen and oxygen atoms in total. The van der Waals surface area contributed by atoms with Crippen LogP contribution in [0.4, 0.5) is 10.1 Å². The summed E-state index contributed by atoms with van der Waals surface area (Å²) < 4.78 is 12.7. The molecule has 0 aromatic heterocycles. The van der Waals surface area contributed by atoms with Gasteiger partial charge in [0.05, 0.1) is 0 Å². The molecule has 0 saturated carbocycles. The van der Waals surface area contributed by atoms with Crippen LogP contribution in [0.3, 0.4) is 0 Å². The molecule has 0 heterocycles. The molecule has 2 N–H and O–H groups in total. The first-order chi connectivity index (χ1) is 6.15. The van der Waals surface area contributed by atoms with E-state index in [9.17, 15) is 9.18 Å². The van der Waals surface area contributed by atoms with E-state index in [2.05, 4.69) is 0 Å². The maximum Gasteiger partial charge on any atom is 0.165 e. The van der Waals surface area contributed by atoms with Crippen LogP contribution in [0, 0.1) is 5.82 Å². The Kier molecular flexibility index (Phi) is 3.01. The lowest BCUT2D eigenvalue weighted by molar-refractivity contribution is 0.0982. The van der Waals surface area contributed by atoms with Crippen molar-refractivity contribution >= 4 is 11.5 Å². The summed E-state index contributed by atoms with van der Waals surface area (Å²) in [5.74, 6) is -0.520. The minimum Gasteiger partial charge on any atom is -0.398 e. The molecule has 0 amide bonds. The summed E-state index contributed by atoms with van der Waals surface area (Å²) in [6.07, 6.45) is 1.16. The zero-order valence-corrected chi connectivity index (χ0v) is 7.51. The molecule has 0 aliphatic carbocycles. The number of ketones is 1. The number of anilines is 1. The maximum absolute atomic E-state index is 12.7. The van der Waals surface area contributed by atoms with E-state index < -0.39 is 5.82 Å². The van der Waals surface area contributed by atoms with Crippen LogP contribution in [0.25, 0.3) is 0 Å². The van der Waals surface area contributed by atoms with E-state index in [4.69, 9.17) is 5.73 Å². The lowest BCUT2D eigenvalue weighted by atomic mass is 10.1. The van der Waals surface area contributed by atoms with Crippen molar-refractivity contribution in [3.05, 3.63) is 29.6 Å². The SMILES string of the molecule is CCCC(=O)c1cc(F)ccc1N. The van der Waals surface area contributed by atoms with Crippen LogP contribution in [0.2, 0.25) is 0 Å². The highest BCUT2D eigenvalue weighted by molar-refractivity contribution is 6.00. The smallest absolute Gasteiger partial charge is 0.165 e. The number of hydrogen-bond donors (Lipinski definition) is 1. The second kappa shape index (κ2) is 4.03. The molecule has 0 atom stereocenters. The van der Waals surface area contributed by atoms with Gasteiger partial charge in [-0.05, 0) is 24.6 Å². The van der Waals surface area contributed by atoms with Crippen molar-refractivity contribution in [2.45, 2.75) is 19.8 Å². The van der Waals surface area contributed by atoms with Gasteiger partial charge in [0.25, 0.3) is 0 Å². The molecular weight excluding hydrogens is 169 g/mol. The first-order valence-corrected chi connectivity index (χ1v) is 4.23. The molecule has 0 spiro atoms. The number of carbonyl (C=O) groups is 1. The minimum atomic E-state index is -0.423. The fraction of sp³-hybridized carbons (Fsp3) is 0.300. The Balaban J connectivity index is 2.99. The van der Waals surface area contributed by atoms with Crippen LogP contribution in [0.15, 0.2) is 18.2 Å². The zero-order valence-electron chi connectivity index (χ0n) is 7.51. The van der Waals surface area contributed by atoms with E-state index in [1.54, 1.807) is 0 Å². The number of hydrogen-bond acceptors (Lipinski definition) is 2. The highest BCUT2D eigenvalue weighted by atomic mass is 19.1. The molecule has 3 heteroatoms. The topological polar surface area (TPSA) is 43.1 Å². The van der Waals surface area contributed by atoms with Crippen LogP contribution >= 0.6 is 0 Å². The predicted molar refractivity (Wildman–Crippen MR) is 50.1 cm³/mol. The molecule has 1 aromatic rings. The second-order valence-electron chi connectivity index (χ2n) is 2.90. The molecule has 0 radical (unpaired) electrons. The summed E-state index contributed by atoms with van der Waals surface area (Å²) >= 11 is 0. The van der Waals surface area contributed by atoms with Crippen LogP contribution in [0.1, 0.15) is 30.1 Å². The number of Topliss-reactive ketones (excluding diaryl/α,β-unsaturated/α-hetero) is 1. The van der Waals surface area contributed by atoms with Gasteiger partial charge in [0, 0.05) is 17.7 Å². The molecule has 13 heavy (non-hydrogen) atoms. The highest BCUT2D eigenvalue weighted by Crippen LogP contribution is 2.15. The number of rotatable bonds is 3. The van der Waals surface area contributed by atoms with Crippen LogP contribution < -0.4 is 5.73 Å². The van der Waals surface area contributed by atoms with Gasteiger partial charge < -0.3 is 5.73 Å². The lowest BCUT2D eigenvalue weighted by Crippen LogP contribution is -2.03. The van der Waals surface area contributed by atoms with Crippen molar-refractivity contribution < 1.29 is 9.18 Å². The molecule has 0 unspecified atom stereocenters. The first kappa shape index (κ1) is 9.71. The van der Waals surface area contributed by atoms with Gasteiger partial charge in [-0.1, -0.05) is 6.92 Å². The minimum absolute atomic E-state index is 0.0977. The number of halogens is 1. The Morgan fingerprint density at radius 1 is 1.54 bits per heavy atom. The van der Waals surface area contributed by atoms with Crippen molar-refractivity contribution in [3.8, 4) is 0 Å². The van der Waals surface area contributed by atoms with Gasteiger partial charge in [0.1, 0.15) is 5.82 Å². The fourth-order valence-corrected chi connectivity index (χ4v) is 1.13. The maximum atomic E-state index is 12.7. The van der Waals surface area contributed by atoms with E-state index in [0.29, 0.717) is 17.7 Å². The Morgan fingerprint density at radius 2 is 2.23 bits per heavy atom. The highest BCUT2D eigenvalue weighted by Gasteiger charge is 2.09. The standard InChI is InChI=1S/C10H12FNO/c1-2-3-10(13)8-6-7(11)4-5-9(8)12/h4-6H,2-3,12H2,1H3. The van der Waals surface area contributed by atoms with Crippen molar-refractivity contribution in [2.75, 3.05) is 5.73 Å². The Labute approximate surface area is 76.6 Å². The molecule has 0 saturated heterocycles. The van der Waals surface area contributed by atoms with Gasteiger partial charge in [-0.2, -0.15) is 0 Å². The van der Waals surface area contributed by atoms with E-state index in [1.807, 2.05) is 6.92 Å². The van der Waals surface area contributed by atoms with Gasteiger partial charge in [-0.15, -0.1) is 0 Å². The van der Waals surface area contributed by atoms with Gasteiger partial charge in [-0.3, -0.25) is 4.79 Å². The van der Waals surface area contributed by atoms with Crippen LogP contribution in [0.5, 0.6) is 0 Å². The largest absolute Gasteiger partial charge is 0.398 e. The van der Waals surface area contributed by atoms with E-state index >= 15 is 0 Å². The van der Waals surface area contributed by atoms with E-state index in [0.717, 1.165) is 6.42 Å². The second-order valence-corrected chi connectivity index (χ2v) is 2.90. The zero-order chi connectivity index (χ0) is 9.84. The van der Waals surface area contributed by atoms with Crippen LogP contribution in [-0.2, 0) is 0 Å². The number of nitrogens with two attached hydrogens (primary N) is 1. The molecule has 0 aliphatic heterocycles. The molecular formula is C10H12FNO. The fourth-order valence-electron chi connectivity index (χ4n) is 1.13. The van der Waals surface area contributed by atoms with Crippen molar-refractivity contribution in [3.63, 3.8) is 0 Å². The molecule has 1 rings (SSSR count). The Bertz CT molecular complexity index is 323. The average Bonchev–Trinajstić information content (AvgIpc) is 2.09. The number of benzene rings is 1. The first-order valence-electron chi connectivity index (χ1n) is 4.23. The summed E-state index contributed by atoms with van der Waals surface area (Å²) in [5, 5.41) is 0. The third kappa shape index (κ3) is 2.28. The monoisotopic (exact) mass is 181 g/mol. The summed E-state index contributed by atoms with van der Waals surface area (Å²) in [7, 11) is 0.